The Labute approximate surface area is 191 Å². The second-order valence-electron chi connectivity index (χ2n) is 8.73. The molecule has 0 unspecified atom stereocenters. The van der Waals surface area contributed by atoms with Crippen LogP contribution in [0.4, 0.5) is 24.5 Å². The highest BCUT2D eigenvalue weighted by molar-refractivity contribution is 5.75. The van der Waals surface area contributed by atoms with Gasteiger partial charge in [0.15, 0.2) is 0 Å². The lowest BCUT2D eigenvalue weighted by atomic mass is 9.77. The minimum atomic E-state index is -4.45. The van der Waals surface area contributed by atoms with E-state index < -0.39 is 11.9 Å². The number of alkyl halides is 3. The fourth-order valence-corrected chi connectivity index (χ4v) is 4.47. The Kier molecular flexibility index (Phi) is 6.77. The summed E-state index contributed by atoms with van der Waals surface area (Å²) in [6.07, 6.45) is 3.51. The second kappa shape index (κ2) is 9.73. The number of carbonyl (C=O) groups is 1. The number of Topliss-reactive ketones (excluding diaryl/α,β-unsaturated/α-hetero) is 1. The molecule has 0 spiro atoms. The van der Waals surface area contributed by atoms with E-state index in [1.54, 1.807) is 13.1 Å². The molecule has 172 valence electrons. The fourth-order valence-electron chi connectivity index (χ4n) is 4.47. The summed E-state index contributed by atoms with van der Waals surface area (Å²) in [6.45, 7) is 1.67. The molecule has 7 heteroatoms. The molecule has 0 aliphatic heterocycles. The van der Waals surface area contributed by atoms with Crippen LogP contribution in [0.15, 0.2) is 60.9 Å². The predicted molar refractivity (Wildman–Crippen MR) is 122 cm³/mol. The first-order chi connectivity index (χ1) is 15.8. The van der Waals surface area contributed by atoms with Crippen molar-refractivity contribution < 1.29 is 18.0 Å². The number of anilines is 2. The van der Waals surface area contributed by atoms with Gasteiger partial charge in [0.05, 0.1) is 29.5 Å². The van der Waals surface area contributed by atoms with E-state index in [4.69, 9.17) is 0 Å². The molecule has 1 aliphatic carbocycles. The van der Waals surface area contributed by atoms with Crippen LogP contribution in [0.3, 0.4) is 0 Å². The lowest BCUT2D eigenvalue weighted by Crippen LogP contribution is -2.15. The summed E-state index contributed by atoms with van der Waals surface area (Å²) in [6, 6.07) is 14.5. The van der Waals surface area contributed by atoms with Crippen molar-refractivity contribution >= 4 is 17.2 Å². The largest absolute Gasteiger partial charge is 0.433 e. The molecule has 3 aromatic rings. The summed E-state index contributed by atoms with van der Waals surface area (Å²) < 4.78 is 37.9. The maximum Gasteiger partial charge on any atom is 0.433 e. The van der Waals surface area contributed by atoms with E-state index in [1.807, 2.05) is 12.1 Å². The summed E-state index contributed by atoms with van der Waals surface area (Å²) in [7, 11) is 0. The molecule has 33 heavy (non-hydrogen) atoms. The maximum absolute atomic E-state index is 12.6. The predicted octanol–water partition coefficient (Wildman–Crippen LogP) is 7.16. The summed E-state index contributed by atoms with van der Waals surface area (Å²) in [4.78, 5) is 19.3. The lowest BCUT2D eigenvalue weighted by Gasteiger charge is -2.28. The van der Waals surface area contributed by atoms with Crippen LogP contribution >= 0.6 is 0 Å². The lowest BCUT2D eigenvalue weighted by molar-refractivity contribution is -0.141. The van der Waals surface area contributed by atoms with E-state index in [2.05, 4.69) is 39.6 Å². The number of pyridine rings is 2. The minimum absolute atomic E-state index is 0.285. The van der Waals surface area contributed by atoms with E-state index in [0.29, 0.717) is 29.6 Å². The Morgan fingerprint density at radius 1 is 0.909 bits per heavy atom. The average molecular weight is 454 g/mol. The van der Waals surface area contributed by atoms with E-state index in [0.717, 1.165) is 49.2 Å². The normalized spacial score (nSPS) is 18.7. The summed E-state index contributed by atoms with van der Waals surface area (Å²) in [5.41, 5.74) is 3.36. The quantitative estimate of drug-likeness (QED) is 0.430. The van der Waals surface area contributed by atoms with Crippen molar-refractivity contribution in [2.24, 2.45) is 5.92 Å². The Bertz CT molecular complexity index is 1070. The number of carbonyl (C=O) groups excluding carboxylic acids is 1. The van der Waals surface area contributed by atoms with Crippen molar-refractivity contribution in [2.45, 2.75) is 51.1 Å². The van der Waals surface area contributed by atoms with Gasteiger partial charge in [-0.25, -0.2) is 4.98 Å². The van der Waals surface area contributed by atoms with Gasteiger partial charge in [-0.15, -0.1) is 0 Å². The van der Waals surface area contributed by atoms with Crippen molar-refractivity contribution in [3.63, 3.8) is 0 Å². The zero-order chi connectivity index (χ0) is 23.4. The molecule has 0 radical (unpaired) electrons. The maximum atomic E-state index is 12.6. The zero-order valence-electron chi connectivity index (χ0n) is 18.4. The Balaban J connectivity index is 1.36. The molecule has 0 saturated heterocycles. The topological polar surface area (TPSA) is 54.9 Å². The monoisotopic (exact) mass is 453 g/mol. The molecule has 1 aliphatic rings. The molecule has 1 saturated carbocycles. The highest BCUT2D eigenvalue weighted by Crippen LogP contribution is 2.37. The number of aromatic nitrogens is 2. The smallest absolute Gasteiger partial charge is 0.353 e. The van der Waals surface area contributed by atoms with Gasteiger partial charge in [0.1, 0.15) is 11.5 Å². The van der Waals surface area contributed by atoms with Crippen molar-refractivity contribution in [1.82, 2.24) is 9.97 Å². The highest BCUT2D eigenvalue weighted by Gasteiger charge is 2.32. The summed E-state index contributed by atoms with van der Waals surface area (Å²) >= 11 is 0. The van der Waals surface area contributed by atoms with Gasteiger partial charge in [0.25, 0.3) is 0 Å². The zero-order valence-corrected chi connectivity index (χ0v) is 18.4. The van der Waals surface area contributed by atoms with Gasteiger partial charge in [0.2, 0.25) is 0 Å². The van der Waals surface area contributed by atoms with Gasteiger partial charge >= 0.3 is 6.18 Å². The Morgan fingerprint density at radius 2 is 1.55 bits per heavy atom. The first-order valence-electron chi connectivity index (χ1n) is 11.1. The van der Waals surface area contributed by atoms with Crippen LogP contribution in [0.2, 0.25) is 0 Å². The number of nitrogens with one attached hydrogen (secondary N) is 1. The highest BCUT2D eigenvalue weighted by atomic mass is 19.4. The Hall–Kier alpha value is -3.22. The van der Waals surface area contributed by atoms with Crippen molar-refractivity contribution in [2.75, 3.05) is 5.32 Å². The molecule has 1 aromatic carbocycles. The number of rotatable bonds is 6. The van der Waals surface area contributed by atoms with E-state index >= 15 is 0 Å². The molecule has 2 heterocycles. The SMILES string of the molecule is CC(=O)C[C@H]1CC[C@H](c2ccc(-c3ccc(Nc4ccc(C(F)(F)F)nc4)cn3)cc2)CC1. The molecule has 1 N–H and O–H groups in total. The van der Waals surface area contributed by atoms with Gasteiger partial charge < -0.3 is 10.1 Å². The molecule has 1 fully saturated rings. The molecular formula is C26H26F3N3O. The third kappa shape index (κ3) is 5.97. The number of ketones is 1. The molecular weight excluding hydrogens is 427 g/mol. The van der Waals surface area contributed by atoms with Crippen LogP contribution in [-0.2, 0) is 11.0 Å². The number of benzene rings is 1. The number of nitrogens with zero attached hydrogens (tertiary/aromatic N) is 2. The van der Waals surface area contributed by atoms with Gasteiger partial charge in [-0.3, -0.25) is 4.98 Å². The first kappa shape index (κ1) is 23.0. The molecule has 4 rings (SSSR count). The van der Waals surface area contributed by atoms with Gasteiger partial charge in [-0.2, -0.15) is 13.2 Å². The summed E-state index contributed by atoms with van der Waals surface area (Å²) in [5.74, 6) is 1.36. The molecule has 0 bridgehead atoms. The van der Waals surface area contributed by atoms with Crippen molar-refractivity contribution in [1.29, 1.82) is 0 Å². The van der Waals surface area contributed by atoms with Crippen LogP contribution in [0, 0.1) is 5.92 Å². The number of hydrogen-bond acceptors (Lipinski definition) is 4. The molecule has 0 atom stereocenters. The van der Waals surface area contributed by atoms with Gasteiger partial charge in [-0.1, -0.05) is 24.3 Å². The first-order valence-corrected chi connectivity index (χ1v) is 11.1. The van der Waals surface area contributed by atoms with Crippen LogP contribution in [-0.4, -0.2) is 15.8 Å². The minimum Gasteiger partial charge on any atom is -0.353 e. The van der Waals surface area contributed by atoms with E-state index in [-0.39, 0.29) is 5.78 Å². The van der Waals surface area contributed by atoms with E-state index in [1.165, 1.54) is 11.6 Å². The summed E-state index contributed by atoms with van der Waals surface area (Å²) in [5, 5.41) is 3.02. The molecule has 4 nitrogen and oxygen atoms in total. The molecule has 2 aromatic heterocycles. The van der Waals surface area contributed by atoms with Crippen LogP contribution < -0.4 is 5.32 Å². The van der Waals surface area contributed by atoms with E-state index in [9.17, 15) is 18.0 Å². The van der Waals surface area contributed by atoms with Crippen molar-refractivity contribution in [3.8, 4) is 11.3 Å². The van der Waals surface area contributed by atoms with Gasteiger partial charge in [0, 0.05) is 12.0 Å². The molecule has 0 amide bonds. The fraction of sp³-hybridized carbons (Fsp3) is 0.346. The van der Waals surface area contributed by atoms with Crippen molar-refractivity contribution in [3.05, 3.63) is 72.2 Å². The number of hydrogen-bond donors (Lipinski definition) is 1. The third-order valence-corrected chi connectivity index (χ3v) is 6.21. The second-order valence-corrected chi connectivity index (χ2v) is 8.73. The van der Waals surface area contributed by atoms with Gasteiger partial charge in [-0.05, 0) is 74.3 Å². The van der Waals surface area contributed by atoms with Crippen LogP contribution in [0.5, 0.6) is 0 Å². The Morgan fingerprint density at radius 3 is 2.06 bits per heavy atom. The van der Waals surface area contributed by atoms with Crippen LogP contribution in [0.1, 0.15) is 56.2 Å². The third-order valence-electron chi connectivity index (χ3n) is 6.21. The average Bonchev–Trinajstić information content (AvgIpc) is 2.80. The standard InChI is InChI=1S/C26H26F3N3O/c1-17(33)14-18-2-4-19(5-3-18)20-6-8-21(9-7-20)24-12-10-22(15-30-24)32-23-11-13-25(31-16-23)26(27,28)29/h6-13,15-16,18-19,32H,2-5,14H2,1H3/t18-,19-. The number of halogens is 3. The van der Waals surface area contributed by atoms with Crippen LogP contribution in [0.25, 0.3) is 11.3 Å².